The fourth-order valence-corrected chi connectivity index (χ4v) is 2.18. The highest BCUT2D eigenvalue weighted by atomic mass is 127. The predicted octanol–water partition coefficient (Wildman–Crippen LogP) is 3.49. The number of alkyl halides is 2. The molecule has 0 saturated heterocycles. The summed E-state index contributed by atoms with van der Waals surface area (Å²) in [5.41, 5.74) is 0.115. The summed E-state index contributed by atoms with van der Waals surface area (Å²) >= 11 is 0. The summed E-state index contributed by atoms with van der Waals surface area (Å²) in [6.07, 6.45) is -0.494. The van der Waals surface area contributed by atoms with E-state index in [1.54, 1.807) is 32.9 Å². The van der Waals surface area contributed by atoms with Crippen LogP contribution in [0.1, 0.15) is 33.3 Å². The van der Waals surface area contributed by atoms with E-state index in [2.05, 4.69) is 25.7 Å². The smallest absolute Gasteiger partial charge is 0.407 e. The molecule has 172 valence electrons. The van der Waals surface area contributed by atoms with Crippen LogP contribution < -0.4 is 25.4 Å². The first-order valence-corrected chi connectivity index (χ1v) is 9.25. The molecule has 0 heterocycles. The quantitative estimate of drug-likeness (QED) is 0.191. The van der Waals surface area contributed by atoms with Crippen molar-refractivity contribution in [3.8, 4) is 11.5 Å². The Morgan fingerprint density at radius 3 is 2.37 bits per heavy atom. The fraction of sp³-hybridized carbons (Fsp3) is 0.579. The maximum Gasteiger partial charge on any atom is 0.407 e. The summed E-state index contributed by atoms with van der Waals surface area (Å²) in [7, 11) is 1.38. The van der Waals surface area contributed by atoms with Crippen LogP contribution in [-0.4, -0.2) is 51.0 Å². The van der Waals surface area contributed by atoms with Crippen molar-refractivity contribution in [2.75, 3.05) is 26.7 Å². The van der Waals surface area contributed by atoms with Crippen LogP contribution >= 0.6 is 24.0 Å². The van der Waals surface area contributed by atoms with Crippen molar-refractivity contribution in [3.05, 3.63) is 23.8 Å². The summed E-state index contributed by atoms with van der Waals surface area (Å²) in [5.74, 6) is 0.691. The van der Waals surface area contributed by atoms with Crippen molar-refractivity contribution >= 4 is 36.0 Å². The van der Waals surface area contributed by atoms with E-state index in [-0.39, 0.29) is 42.0 Å². The van der Waals surface area contributed by atoms with E-state index in [0.717, 1.165) is 0 Å². The molecule has 3 N–H and O–H groups in total. The summed E-state index contributed by atoms with van der Waals surface area (Å²) < 4.78 is 39.7. The third-order valence-electron chi connectivity index (χ3n) is 3.29. The molecule has 0 aliphatic heterocycles. The van der Waals surface area contributed by atoms with Gasteiger partial charge in [-0.05, 0) is 45.4 Å². The third-order valence-corrected chi connectivity index (χ3v) is 3.29. The van der Waals surface area contributed by atoms with Gasteiger partial charge in [-0.25, -0.2) is 9.79 Å². The Labute approximate surface area is 193 Å². The SMILES string of the molecule is CCNC(=NCc1ccc(OC)c(OC(F)F)c1)NCCNC(=O)OC(C)(C)C.I. The number of amides is 1. The van der Waals surface area contributed by atoms with Gasteiger partial charge < -0.3 is 30.2 Å². The standard InChI is InChI=1S/C19H30F2N4O4.HI/c1-6-22-17(23-9-10-24-18(26)29-19(2,3)4)25-12-13-7-8-14(27-5)15(11-13)28-16(20)21;/h7-8,11,16H,6,9-10,12H2,1-5H3,(H,24,26)(H2,22,23,25);1H. The summed E-state index contributed by atoms with van der Waals surface area (Å²) in [5, 5.41) is 8.78. The van der Waals surface area contributed by atoms with Gasteiger partial charge in [0.15, 0.2) is 17.5 Å². The van der Waals surface area contributed by atoms with Gasteiger partial charge in [-0.3, -0.25) is 0 Å². The molecular weight excluding hydrogens is 513 g/mol. The van der Waals surface area contributed by atoms with Crippen LogP contribution in [0, 0.1) is 0 Å². The molecule has 0 spiro atoms. The van der Waals surface area contributed by atoms with Gasteiger partial charge in [0.2, 0.25) is 0 Å². The number of alkyl carbamates (subject to hydrolysis) is 1. The lowest BCUT2D eigenvalue weighted by atomic mass is 10.2. The van der Waals surface area contributed by atoms with Gasteiger partial charge in [0, 0.05) is 19.6 Å². The van der Waals surface area contributed by atoms with Gasteiger partial charge in [-0.15, -0.1) is 24.0 Å². The largest absolute Gasteiger partial charge is 0.493 e. The average molecular weight is 544 g/mol. The normalized spacial score (nSPS) is 11.4. The Hall–Kier alpha value is -2.05. The highest BCUT2D eigenvalue weighted by molar-refractivity contribution is 14.0. The topological polar surface area (TPSA) is 93.2 Å². The average Bonchev–Trinajstić information content (AvgIpc) is 2.61. The minimum Gasteiger partial charge on any atom is -0.493 e. The van der Waals surface area contributed by atoms with Crippen molar-refractivity contribution in [3.63, 3.8) is 0 Å². The van der Waals surface area contributed by atoms with Gasteiger partial charge in [0.25, 0.3) is 0 Å². The van der Waals surface area contributed by atoms with Gasteiger partial charge in [0.05, 0.1) is 13.7 Å². The van der Waals surface area contributed by atoms with Crippen molar-refractivity contribution in [2.24, 2.45) is 4.99 Å². The first kappa shape index (κ1) is 27.9. The Morgan fingerprint density at radius 2 is 1.80 bits per heavy atom. The van der Waals surface area contributed by atoms with Gasteiger partial charge >= 0.3 is 12.7 Å². The number of hydrogen-bond acceptors (Lipinski definition) is 5. The molecule has 0 radical (unpaired) electrons. The zero-order valence-corrected chi connectivity index (χ0v) is 20.2. The summed E-state index contributed by atoms with van der Waals surface area (Å²) in [4.78, 5) is 16.0. The van der Waals surface area contributed by atoms with Crippen LogP contribution in [0.2, 0.25) is 0 Å². The van der Waals surface area contributed by atoms with Crippen LogP contribution in [0.3, 0.4) is 0 Å². The minimum absolute atomic E-state index is 0. The summed E-state index contributed by atoms with van der Waals surface area (Å²) in [6.45, 7) is 5.97. The lowest BCUT2D eigenvalue weighted by molar-refractivity contribution is -0.0512. The van der Waals surface area contributed by atoms with Gasteiger partial charge in [0.1, 0.15) is 5.60 Å². The molecule has 1 aromatic carbocycles. The highest BCUT2D eigenvalue weighted by Crippen LogP contribution is 2.29. The van der Waals surface area contributed by atoms with Crippen LogP contribution in [0.4, 0.5) is 13.6 Å². The van der Waals surface area contributed by atoms with E-state index in [4.69, 9.17) is 9.47 Å². The molecule has 1 amide bonds. The zero-order chi connectivity index (χ0) is 21.9. The lowest BCUT2D eigenvalue weighted by Crippen LogP contribution is -2.42. The van der Waals surface area contributed by atoms with Crippen LogP contribution in [0.25, 0.3) is 0 Å². The second-order valence-corrected chi connectivity index (χ2v) is 6.91. The number of nitrogens with zero attached hydrogens (tertiary/aromatic N) is 1. The summed E-state index contributed by atoms with van der Waals surface area (Å²) in [6, 6.07) is 4.73. The number of nitrogens with one attached hydrogen (secondary N) is 3. The van der Waals surface area contributed by atoms with Crippen molar-refractivity contribution in [1.29, 1.82) is 0 Å². The molecule has 0 aromatic heterocycles. The van der Waals surface area contributed by atoms with Crippen LogP contribution in [0.5, 0.6) is 11.5 Å². The van der Waals surface area contributed by atoms with E-state index >= 15 is 0 Å². The molecule has 0 bridgehead atoms. The van der Waals surface area contributed by atoms with Gasteiger partial charge in [-0.2, -0.15) is 8.78 Å². The number of guanidine groups is 1. The predicted molar refractivity (Wildman–Crippen MR) is 122 cm³/mol. The van der Waals surface area contributed by atoms with E-state index in [1.807, 2.05) is 6.92 Å². The zero-order valence-electron chi connectivity index (χ0n) is 17.9. The van der Waals surface area contributed by atoms with Crippen LogP contribution in [-0.2, 0) is 11.3 Å². The second-order valence-electron chi connectivity index (χ2n) is 6.91. The molecule has 1 aromatic rings. The Kier molecular flexibility index (Phi) is 13.1. The fourth-order valence-electron chi connectivity index (χ4n) is 2.18. The number of aliphatic imine (C=N–C) groups is 1. The lowest BCUT2D eigenvalue weighted by Gasteiger charge is -2.20. The molecule has 30 heavy (non-hydrogen) atoms. The third kappa shape index (κ3) is 11.8. The number of methoxy groups -OCH3 is 1. The molecule has 1 rings (SSSR count). The van der Waals surface area contributed by atoms with Crippen molar-refractivity contribution < 1.29 is 27.8 Å². The van der Waals surface area contributed by atoms with Crippen molar-refractivity contribution in [1.82, 2.24) is 16.0 Å². The molecule has 0 saturated carbocycles. The maximum absolute atomic E-state index is 12.5. The number of carbonyl (C=O) groups is 1. The van der Waals surface area contributed by atoms with E-state index < -0.39 is 18.3 Å². The van der Waals surface area contributed by atoms with E-state index in [0.29, 0.717) is 31.2 Å². The Bertz CT molecular complexity index is 685. The molecule has 8 nitrogen and oxygen atoms in total. The molecule has 0 aliphatic carbocycles. The molecule has 0 unspecified atom stereocenters. The number of rotatable bonds is 9. The van der Waals surface area contributed by atoms with Crippen molar-refractivity contribution in [2.45, 2.75) is 46.5 Å². The Balaban J connectivity index is 0.00000841. The Morgan fingerprint density at radius 1 is 1.13 bits per heavy atom. The molecule has 0 atom stereocenters. The first-order chi connectivity index (χ1) is 13.6. The number of hydrogen-bond donors (Lipinski definition) is 3. The second kappa shape index (κ2) is 14.0. The van der Waals surface area contributed by atoms with E-state index in [1.165, 1.54) is 13.2 Å². The van der Waals surface area contributed by atoms with E-state index in [9.17, 15) is 13.6 Å². The van der Waals surface area contributed by atoms with Crippen LogP contribution in [0.15, 0.2) is 23.2 Å². The highest BCUT2D eigenvalue weighted by Gasteiger charge is 2.15. The molecule has 0 fully saturated rings. The molecule has 11 heteroatoms. The number of carbonyl (C=O) groups excluding carboxylic acids is 1. The molecule has 0 aliphatic rings. The molecular formula is C19H31F2IN4O4. The number of ether oxygens (including phenoxy) is 3. The maximum atomic E-state index is 12.5. The first-order valence-electron chi connectivity index (χ1n) is 9.25. The number of benzene rings is 1. The van der Waals surface area contributed by atoms with Gasteiger partial charge in [-0.1, -0.05) is 6.07 Å². The number of halogens is 3. The minimum atomic E-state index is -2.95. The monoisotopic (exact) mass is 544 g/mol.